The average molecular weight is 479 g/mol. The number of amides is 1. The van der Waals surface area contributed by atoms with E-state index in [-0.39, 0.29) is 12.2 Å². The van der Waals surface area contributed by atoms with Gasteiger partial charge in [-0.3, -0.25) is 14.6 Å². The van der Waals surface area contributed by atoms with E-state index in [1.165, 1.54) is 6.07 Å². The first-order chi connectivity index (χ1) is 14.8. The number of benzene rings is 2. The van der Waals surface area contributed by atoms with Crippen LogP contribution in [-0.4, -0.2) is 25.9 Å². The number of H-pyrrole nitrogens is 1. The summed E-state index contributed by atoms with van der Waals surface area (Å²) in [6, 6.07) is 12.8. The lowest BCUT2D eigenvalue weighted by Crippen LogP contribution is -2.13. The van der Waals surface area contributed by atoms with E-state index in [0.29, 0.717) is 37.7 Å². The van der Waals surface area contributed by atoms with Gasteiger partial charge in [-0.2, -0.15) is 10.2 Å². The number of anilines is 1. The summed E-state index contributed by atoms with van der Waals surface area (Å²) >= 11 is 18.2. The Morgan fingerprint density at radius 2 is 1.94 bits per heavy atom. The molecule has 4 aromatic rings. The molecule has 0 radical (unpaired) electrons. The summed E-state index contributed by atoms with van der Waals surface area (Å²) in [6.45, 7) is 1.94. The van der Waals surface area contributed by atoms with Crippen LogP contribution in [0.1, 0.15) is 21.7 Å². The van der Waals surface area contributed by atoms with Crippen LogP contribution in [0.15, 0.2) is 48.5 Å². The van der Waals surface area contributed by atoms with Gasteiger partial charge in [-0.25, -0.2) is 4.39 Å². The molecule has 158 valence electrons. The summed E-state index contributed by atoms with van der Waals surface area (Å²) in [6.07, 6.45) is 0. The van der Waals surface area contributed by atoms with Crippen molar-refractivity contribution in [3.05, 3.63) is 86.4 Å². The molecule has 0 atom stereocenters. The highest BCUT2D eigenvalue weighted by atomic mass is 35.5. The molecule has 0 unspecified atom stereocenters. The highest BCUT2D eigenvalue weighted by molar-refractivity contribution is 6.36. The Hall–Kier alpha value is -2.87. The van der Waals surface area contributed by atoms with Crippen molar-refractivity contribution < 1.29 is 9.18 Å². The van der Waals surface area contributed by atoms with Crippen molar-refractivity contribution in [1.29, 1.82) is 0 Å². The predicted octanol–water partition coefficient (Wildman–Crippen LogP) is 5.98. The molecule has 2 N–H and O–H groups in total. The predicted molar refractivity (Wildman–Crippen MR) is 119 cm³/mol. The number of hydrogen-bond acceptors (Lipinski definition) is 3. The van der Waals surface area contributed by atoms with Crippen molar-refractivity contribution in [3.8, 4) is 11.3 Å². The molecule has 0 aliphatic rings. The van der Waals surface area contributed by atoms with Gasteiger partial charge >= 0.3 is 0 Å². The number of nitrogens with zero attached hydrogens (tertiary/aromatic N) is 3. The van der Waals surface area contributed by atoms with Crippen molar-refractivity contribution in [1.82, 2.24) is 20.0 Å². The molecule has 0 saturated heterocycles. The number of nitrogens with one attached hydrogen (secondary N) is 2. The average Bonchev–Trinajstić information content (AvgIpc) is 3.32. The highest BCUT2D eigenvalue weighted by Gasteiger charge is 2.16. The standard InChI is InChI=1S/C21H15Cl3FN5O/c1-11-7-20(29-30(11)10-14-15(23)3-2-4-17(14)25)26-21(31)19-9-18(27-28-19)13-6-5-12(22)8-16(13)24/h2-9H,10H2,1H3,(H,27,28)(H,26,29,31). The largest absolute Gasteiger partial charge is 0.304 e. The normalized spacial score (nSPS) is 11.0. The van der Waals surface area contributed by atoms with Crippen LogP contribution in [0.3, 0.4) is 0 Å². The number of carbonyl (C=O) groups excluding carboxylic acids is 1. The SMILES string of the molecule is Cc1cc(NC(=O)c2cc(-c3ccc(Cl)cc3Cl)n[nH]2)nn1Cc1c(F)cccc1Cl. The third-order valence-corrected chi connectivity index (χ3v) is 5.52. The Labute approximate surface area is 191 Å². The zero-order valence-corrected chi connectivity index (χ0v) is 18.4. The summed E-state index contributed by atoms with van der Waals surface area (Å²) in [4.78, 5) is 12.6. The van der Waals surface area contributed by atoms with Crippen LogP contribution < -0.4 is 5.32 Å². The molecule has 2 aromatic heterocycles. The Morgan fingerprint density at radius 1 is 1.13 bits per heavy atom. The molecule has 1 amide bonds. The Balaban J connectivity index is 1.51. The number of halogens is 4. The van der Waals surface area contributed by atoms with E-state index in [4.69, 9.17) is 34.8 Å². The quantitative estimate of drug-likeness (QED) is 0.370. The van der Waals surface area contributed by atoms with Gasteiger partial charge < -0.3 is 5.32 Å². The van der Waals surface area contributed by atoms with E-state index in [1.54, 1.807) is 54.1 Å². The number of aromatic amines is 1. The zero-order chi connectivity index (χ0) is 22.1. The fraction of sp³-hybridized carbons (Fsp3) is 0.0952. The topological polar surface area (TPSA) is 75.6 Å². The third-order valence-electron chi connectivity index (χ3n) is 4.62. The number of aryl methyl sites for hydroxylation is 1. The van der Waals surface area contributed by atoms with E-state index in [2.05, 4.69) is 20.6 Å². The van der Waals surface area contributed by atoms with Gasteiger partial charge in [-0.15, -0.1) is 0 Å². The maximum absolute atomic E-state index is 14.1. The molecular weight excluding hydrogens is 464 g/mol. The van der Waals surface area contributed by atoms with Gasteiger partial charge in [0.15, 0.2) is 5.82 Å². The van der Waals surface area contributed by atoms with Gasteiger partial charge in [0.25, 0.3) is 5.91 Å². The molecule has 0 spiro atoms. The Bertz CT molecular complexity index is 1260. The summed E-state index contributed by atoms with van der Waals surface area (Å²) in [5.41, 5.74) is 2.43. The van der Waals surface area contributed by atoms with Gasteiger partial charge in [0.2, 0.25) is 0 Å². The number of rotatable bonds is 5. The summed E-state index contributed by atoms with van der Waals surface area (Å²) in [5, 5.41) is 15.1. The maximum Gasteiger partial charge on any atom is 0.274 e. The second kappa shape index (κ2) is 8.70. The minimum Gasteiger partial charge on any atom is -0.304 e. The summed E-state index contributed by atoms with van der Waals surface area (Å²) in [7, 11) is 0. The van der Waals surface area contributed by atoms with E-state index < -0.39 is 11.7 Å². The smallest absolute Gasteiger partial charge is 0.274 e. The Morgan fingerprint density at radius 3 is 2.68 bits per heavy atom. The van der Waals surface area contributed by atoms with Crippen molar-refractivity contribution in [2.45, 2.75) is 13.5 Å². The molecule has 0 saturated carbocycles. The number of hydrogen-bond donors (Lipinski definition) is 2. The Kier molecular flexibility index (Phi) is 6.00. The monoisotopic (exact) mass is 477 g/mol. The van der Waals surface area contributed by atoms with Crippen molar-refractivity contribution in [2.75, 3.05) is 5.32 Å². The molecule has 31 heavy (non-hydrogen) atoms. The van der Waals surface area contributed by atoms with Crippen molar-refractivity contribution in [3.63, 3.8) is 0 Å². The zero-order valence-electron chi connectivity index (χ0n) is 16.1. The summed E-state index contributed by atoms with van der Waals surface area (Å²) in [5.74, 6) is -0.535. The van der Waals surface area contributed by atoms with Gasteiger partial charge in [0, 0.05) is 32.9 Å². The van der Waals surface area contributed by atoms with Crippen molar-refractivity contribution in [2.24, 2.45) is 0 Å². The lowest BCUT2D eigenvalue weighted by atomic mass is 10.1. The van der Waals surface area contributed by atoms with Crippen LogP contribution in [0.25, 0.3) is 11.3 Å². The molecule has 0 aliphatic carbocycles. The second-order valence-electron chi connectivity index (χ2n) is 6.77. The van der Waals surface area contributed by atoms with E-state index in [9.17, 15) is 9.18 Å². The van der Waals surface area contributed by atoms with Gasteiger partial charge in [-0.1, -0.05) is 40.9 Å². The van der Waals surface area contributed by atoms with Crippen LogP contribution in [-0.2, 0) is 6.54 Å². The lowest BCUT2D eigenvalue weighted by molar-refractivity contribution is 0.102. The fourth-order valence-electron chi connectivity index (χ4n) is 3.02. The van der Waals surface area contributed by atoms with Crippen LogP contribution in [0.4, 0.5) is 10.2 Å². The lowest BCUT2D eigenvalue weighted by Gasteiger charge is -2.07. The first kappa shape index (κ1) is 21.4. The van der Waals surface area contributed by atoms with Crippen molar-refractivity contribution >= 4 is 46.5 Å². The molecule has 10 heteroatoms. The second-order valence-corrected chi connectivity index (χ2v) is 8.02. The summed E-state index contributed by atoms with van der Waals surface area (Å²) < 4.78 is 15.6. The van der Waals surface area contributed by atoms with Crippen LogP contribution in [0, 0.1) is 12.7 Å². The maximum atomic E-state index is 14.1. The minimum atomic E-state index is -0.433. The van der Waals surface area contributed by atoms with E-state index in [0.717, 1.165) is 5.69 Å². The molecule has 0 aliphatic heterocycles. The molecule has 2 aromatic carbocycles. The van der Waals surface area contributed by atoms with Crippen LogP contribution in [0.5, 0.6) is 0 Å². The highest BCUT2D eigenvalue weighted by Crippen LogP contribution is 2.29. The molecule has 0 fully saturated rings. The molecule has 6 nitrogen and oxygen atoms in total. The van der Waals surface area contributed by atoms with E-state index >= 15 is 0 Å². The molecule has 0 bridgehead atoms. The molecule has 2 heterocycles. The molecular formula is C21H15Cl3FN5O. The van der Waals surface area contributed by atoms with Gasteiger partial charge in [0.1, 0.15) is 11.5 Å². The first-order valence-electron chi connectivity index (χ1n) is 9.11. The van der Waals surface area contributed by atoms with Crippen LogP contribution >= 0.6 is 34.8 Å². The van der Waals surface area contributed by atoms with Crippen LogP contribution in [0.2, 0.25) is 15.1 Å². The number of carbonyl (C=O) groups is 1. The minimum absolute atomic E-state index is 0.135. The number of aromatic nitrogens is 4. The van der Waals surface area contributed by atoms with E-state index in [1.807, 2.05) is 0 Å². The third kappa shape index (κ3) is 4.58. The first-order valence-corrected chi connectivity index (χ1v) is 10.2. The van der Waals surface area contributed by atoms with Gasteiger partial charge in [0.05, 0.1) is 17.3 Å². The fourth-order valence-corrected chi connectivity index (χ4v) is 3.75. The van der Waals surface area contributed by atoms with Gasteiger partial charge in [-0.05, 0) is 43.3 Å². The molecule has 4 rings (SSSR count).